The molecule has 1 N–H and O–H groups in total. The van der Waals surface area contributed by atoms with Crippen LogP contribution in [0.5, 0.6) is 0 Å². The number of hydrogen-bond donors (Lipinski definition) is 1. The Kier molecular flexibility index (Phi) is 5.21. The van der Waals surface area contributed by atoms with Crippen LogP contribution in [0.25, 0.3) is 0 Å². The fourth-order valence-corrected chi connectivity index (χ4v) is 2.92. The second-order valence-corrected chi connectivity index (χ2v) is 6.04. The third-order valence-corrected chi connectivity index (χ3v) is 4.29. The minimum Gasteiger partial charge on any atom is -0.370 e. The summed E-state index contributed by atoms with van der Waals surface area (Å²) in [6, 6.07) is 0. The van der Waals surface area contributed by atoms with E-state index in [4.69, 9.17) is 0 Å². The maximum atomic E-state index is 4.57. The molecule has 20 heavy (non-hydrogen) atoms. The van der Waals surface area contributed by atoms with E-state index in [1.165, 1.54) is 12.0 Å². The van der Waals surface area contributed by atoms with Crippen molar-refractivity contribution in [3.05, 3.63) is 11.9 Å². The monoisotopic (exact) mass is 276 g/mol. The van der Waals surface area contributed by atoms with Gasteiger partial charge in [-0.15, -0.1) is 0 Å². The van der Waals surface area contributed by atoms with Crippen molar-refractivity contribution in [2.75, 3.05) is 29.9 Å². The third kappa shape index (κ3) is 3.22. The van der Waals surface area contributed by atoms with E-state index in [1.54, 1.807) is 6.33 Å². The van der Waals surface area contributed by atoms with Gasteiger partial charge < -0.3 is 10.2 Å². The molecule has 4 nitrogen and oxygen atoms in total. The van der Waals surface area contributed by atoms with Crippen molar-refractivity contribution in [2.45, 2.75) is 47.0 Å². The maximum absolute atomic E-state index is 4.57. The first-order chi connectivity index (χ1) is 9.67. The third-order valence-electron chi connectivity index (χ3n) is 4.29. The number of aromatic nitrogens is 2. The van der Waals surface area contributed by atoms with E-state index in [0.29, 0.717) is 0 Å². The van der Waals surface area contributed by atoms with Gasteiger partial charge in [-0.1, -0.05) is 27.7 Å². The molecule has 1 unspecified atom stereocenters. The molecule has 2 heterocycles. The van der Waals surface area contributed by atoms with Crippen molar-refractivity contribution in [1.82, 2.24) is 9.97 Å². The highest BCUT2D eigenvalue weighted by Gasteiger charge is 2.27. The van der Waals surface area contributed by atoms with E-state index in [9.17, 15) is 0 Å². The highest BCUT2D eigenvalue weighted by atomic mass is 15.2. The first-order valence-corrected chi connectivity index (χ1v) is 8.00. The molecule has 1 saturated heterocycles. The van der Waals surface area contributed by atoms with Crippen LogP contribution in [-0.4, -0.2) is 29.6 Å². The highest BCUT2D eigenvalue weighted by molar-refractivity contribution is 5.59. The first kappa shape index (κ1) is 15.1. The van der Waals surface area contributed by atoms with Crippen LogP contribution in [0.15, 0.2) is 6.33 Å². The summed E-state index contributed by atoms with van der Waals surface area (Å²) in [5, 5.41) is 3.43. The fraction of sp³-hybridized carbons (Fsp3) is 0.750. The lowest BCUT2D eigenvalue weighted by atomic mass is 9.95. The molecular formula is C16H28N4. The lowest BCUT2D eigenvalue weighted by Crippen LogP contribution is -2.24. The standard InChI is InChI=1S/C16H28N4/c1-5-8-17-15-14(6-2)16(19-11-18-15)20-9-7-13(10-20)12(3)4/h11-13H,5-10H2,1-4H3,(H,17,18,19). The van der Waals surface area contributed by atoms with Crippen molar-refractivity contribution in [3.8, 4) is 0 Å². The molecule has 2 rings (SSSR count). The number of nitrogens with zero attached hydrogens (tertiary/aromatic N) is 3. The molecule has 0 bridgehead atoms. The molecule has 0 aromatic carbocycles. The van der Waals surface area contributed by atoms with Gasteiger partial charge in [0.05, 0.1) is 0 Å². The molecule has 0 radical (unpaired) electrons. The van der Waals surface area contributed by atoms with Crippen LogP contribution in [0.4, 0.5) is 11.6 Å². The fourth-order valence-electron chi connectivity index (χ4n) is 2.92. The molecule has 1 aliphatic heterocycles. The van der Waals surface area contributed by atoms with Gasteiger partial charge in [-0.25, -0.2) is 9.97 Å². The summed E-state index contributed by atoms with van der Waals surface area (Å²) in [4.78, 5) is 11.4. The normalized spacial score (nSPS) is 18.9. The summed E-state index contributed by atoms with van der Waals surface area (Å²) >= 11 is 0. The summed E-state index contributed by atoms with van der Waals surface area (Å²) in [7, 11) is 0. The Labute approximate surface area is 123 Å². The average molecular weight is 276 g/mol. The average Bonchev–Trinajstić information content (AvgIpc) is 2.94. The van der Waals surface area contributed by atoms with Gasteiger partial charge in [-0.05, 0) is 31.1 Å². The van der Waals surface area contributed by atoms with Gasteiger partial charge in [-0.2, -0.15) is 0 Å². The zero-order chi connectivity index (χ0) is 14.5. The predicted molar refractivity (Wildman–Crippen MR) is 85.3 cm³/mol. The summed E-state index contributed by atoms with van der Waals surface area (Å²) < 4.78 is 0. The Bertz CT molecular complexity index is 430. The molecule has 112 valence electrons. The van der Waals surface area contributed by atoms with Crippen LogP contribution in [-0.2, 0) is 6.42 Å². The van der Waals surface area contributed by atoms with Crippen molar-refractivity contribution >= 4 is 11.6 Å². The summed E-state index contributed by atoms with van der Waals surface area (Å²) in [6.07, 6.45) is 5.07. The smallest absolute Gasteiger partial charge is 0.137 e. The van der Waals surface area contributed by atoms with Crippen LogP contribution in [0.3, 0.4) is 0 Å². The Hall–Kier alpha value is -1.32. The van der Waals surface area contributed by atoms with Gasteiger partial charge in [0.25, 0.3) is 0 Å². The summed E-state index contributed by atoms with van der Waals surface area (Å²) in [5.41, 5.74) is 1.27. The molecule has 0 aliphatic carbocycles. The molecule has 1 fully saturated rings. The van der Waals surface area contributed by atoms with E-state index in [0.717, 1.165) is 55.9 Å². The number of hydrogen-bond acceptors (Lipinski definition) is 4. The molecular weight excluding hydrogens is 248 g/mol. The first-order valence-electron chi connectivity index (χ1n) is 8.00. The second kappa shape index (κ2) is 6.91. The lowest BCUT2D eigenvalue weighted by molar-refractivity contribution is 0.422. The molecule has 4 heteroatoms. The van der Waals surface area contributed by atoms with Gasteiger partial charge in [0.2, 0.25) is 0 Å². The van der Waals surface area contributed by atoms with Gasteiger partial charge >= 0.3 is 0 Å². The summed E-state index contributed by atoms with van der Waals surface area (Å²) in [5.74, 6) is 3.71. The maximum Gasteiger partial charge on any atom is 0.137 e. The van der Waals surface area contributed by atoms with Crippen molar-refractivity contribution in [2.24, 2.45) is 11.8 Å². The van der Waals surface area contributed by atoms with E-state index < -0.39 is 0 Å². The topological polar surface area (TPSA) is 41.1 Å². The van der Waals surface area contributed by atoms with E-state index in [1.807, 2.05) is 0 Å². The zero-order valence-corrected chi connectivity index (χ0v) is 13.3. The SMILES string of the molecule is CCCNc1ncnc(N2CCC(C(C)C)C2)c1CC. The zero-order valence-electron chi connectivity index (χ0n) is 13.3. The molecule has 1 aromatic rings. The number of nitrogens with one attached hydrogen (secondary N) is 1. The minimum absolute atomic E-state index is 0.754. The lowest BCUT2D eigenvalue weighted by Gasteiger charge is -2.22. The van der Waals surface area contributed by atoms with Gasteiger partial charge in [-0.3, -0.25) is 0 Å². The molecule has 0 saturated carbocycles. The van der Waals surface area contributed by atoms with E-state index >= 15 is 0 Å². The van der Waals surface area contributed by atoms with E-state index in [-0.39, 0.29) is 0 Å². The van der Waals surface area contributed by atoms with Gasteiger partial charge in [0.1, 0.15) is 18.0 Å². The van der Waals surface area contributed by atoms with Gasteiger partial charge in [0.15, 0.2) is 0 Å². The van der Waals surface area contributed by atoms with Crippen molar-refractivity contribution < 1.29 is 0 Å². The Morgan fingerprint density at radius 3 is 2.75 bits per heavy atom. The Balaban J connectivity index is 2.19. The largest absolute Gasteiger partial charge is 0.370 e. The molecule has 0 amide bonds. The quantitative estimate of drug-likeness (QED) is 0.865. The second-order valence-electron chi connectivity index (χ2n) is 6.04. The Morgan fingerprint density at radius 2 is 2.15 bits per heavy atom. The molecule has 1 aromatic heterocycles. The van der Waals surface area contributed by atoms with Crippen LogP contribution in [0.2, 0.25) is 0 Å². The van der Waals surface area contributed by atoms with E-state index in [2.05, 4.69) is 47.9 Å². The van der Waals surface area contributed by atoms with Crippen LogP contribution >= 0.6 is 0 Å². The number of anilines is 2. The van der Waals surface area contributed by atoms with Crippen molar-refractivity contribution in [3.63, 3.8) is 0 Å². The van der Waals surface area contributed by atoms with Crippen LogP contribution in [0.1, 0.15) is 46.1 Å². The minimum atomic E-state index is 0.754. The summed E-state index contributed by atoms with van der Waals surface area (Å²) in [6.45, 7) is 12.2. The van der Waals surface area contributed by atoms with Crippen LogP contribution in [0, 0.1) is 11.8 Å². The molecule has 1 atom stereocenters. The number of rotatable bonds is 6. The predicted octanol–water partition coefficient (Wildman–Crippen LogP) is 3.34. The molecule has 1 aliphatic rings. The Morgan fingerprint density at radius 1 is 1.35 bits per heavy atom. The van der Waals surface area contributed by atoms with Crippen molar-refractivity contribution in [1.29, 1.82) is 0 Å². The molecule has 0 spiro atoms. The van der Waals surface area contributed by atoms with Gasteiger partial charge in [0, 0.05) is 25.2 Å². The van der Waals surface area contributed by atoms with Crippen LogP contribution < -0.4 is 10.2 Å². The highest BCUT2D eigenvalue weighted by Crippen LogP contribution is 2.31.